The van der Waals surface area contributed by atoms with Gasteiger partial charge in [-0.15, -0.1) is 0 Å². The van der Waals surface area contributed by atoms with E-state index in [9.17, 15) is 0 Å². The fourth-order valence-electron chi connectivity index (χ4n) is 0.976. The molecule has 0 aromatic heterocycles. The quantitative estimate of drug-likeness (QED) is 0.647. The monoisotopic (exact) mass is 157 g/mol. The molecule has 2 atom stereocenters. The number of hydrogen-bond acceptors (Lipinski definition) is 1. The second-order valence-electron chi connectivity index (χ2n) is 3.98. The Bertz CT molecular complexity index is 88.9. The van der Waals surface area contributed by atoms with Gasteiger partial charge in [0.2, 0.25) is 0 Å². The zero-order valence-corrected chi connectivity index (χ0v) is 8.65. The molecule has 0 saturated carbocycles. The van der Waals surface area contributed by atoms with Gasteiger partial charge in [0.15, 0.2) is 0 Å². The van der Waals surface area contributed by atoms with Crippen molar-refractivity contribution >= 4 is 0 Å². The van der Waals surface area contributed by atoms with E-state index in [-0.39, 0.29) is 0 Å². The van der Waals surface area contributed by atoms with Gasteiger partial charge in [-0.3, -0.25) is 0 Å². The van der Waals surface area contributed by atoms with E-state index in [1.54, 1.807) is 0 Å². The Morgan fingerprint density at radius 1 is 1.09 bits per heavy atom. The first-order valence-corrected chi connectivity index (χ1v) is 4.81. The van der Waals surface area contributed by atoms with Crippen molar-refractivity contribution in [1.82, 2.24) is 5.32 Å². The van der Waals surface area contributed by atoms with Gasteiger partial charge in [-0.05, 0) is 25.3 Å². The molecule has 0 spiro atoms. The van der Waals surface area contributed by atoms with Crippen LogP contribution in [-0.2, 0) is 0 Å². The van der Waals surface area contributed by atoms with Crippen molar-refractivity contribution in [3.8, 4) is 0 Å². The Hall–Kier alpha value is -0.0400. The molecule has 0 aliphatic heterocycles. The van der Waals surface area contributed by atoms with Crippen LogP contribution in [0.1, 0.15) is 41.0 Å². The van der Waals surface area contributed by atoms with E-state index in [0.717, 1.165) is 18.4 Å². The minimum absolute atomic E-state index is 0.669. The SMILES string of the molecule is CCC(C)C(C)NCC(C)C. The maximum Gasteiger partial charge on any atom is 0.00643 e. The van der Waals surface area contributed by atoms with Crippen LogP contribution in [0, 0.1) is 11.8 Å². The van der Waals surface area contributed by atoms with Gasteiger partial charge < -0.3 is 5.32 Å². The van der Waals surface area contributed by atoms with Crippen molar-refractivity contribution in [2.24, 2.45) is 11.8 Å². The zero-order chi connectivity index (χ0) is 8.85. The Kier molecular flexibility index (Phi) is 5.57. The van der Waals surface area contributed by atoms with Crippen LogP contribution in [0.4, 0.5) is 0 Å². The van der Waals surface area contributed by atoms with Crippen molar-refractivity contribution in [2.75, 3.05) is 6.54 Å². The predicted octanol–water partition coefficient (Wildman–Crippen LogP) is 2.67. The summed E-state index contributed by atoms with van der Waals surface area (Å²) in [6.45, 7) is 12.5. The molecule has 0 amide bonds. The van der Waals surface area contributed by atoms with Gasteiger partial charge >= 0.3 is 0 Å². The number of nitrogens with one attached hydrogen (secondary N) is 1. The van der Waals surface area contributed by atoms with Crippen LogP contribution < -0.4 is 5.32 Å². The van der Waals surface area contributed by atoms with Gasteiger partial charge in [0.05, 0.1) is 0 Å². The highest BCUT2D eigenvalue weighted by Gasteiger charge is 2.08. The molecule has 0 heterocycles. The minimum Gasteiger partial charge on any atom is -0.314 e. The van der Waals surface area contributed by atoms with Crippen molar-refractivity contribution < 1.29 is 0 Å². The molecule has 11 heavy (non-hydrogen) atoms. The maximum absolute atomic E-state index is 3.53. The summed E-state index contributed by atoms with van der Waals surface area (Å²) >= 11 is 0. The molecule has 0 fully saturated rings. The zero-order valence-electron chi connectivity index (χ0n) is 8.65. The average Bonchev–Trinajstić information content (AvgIpc) is 1.98. The lowest BCUT2D eigenvalue weighted by molar-refractivity contribution is 0.372. The lowest BCUT2D eigenvalue weighted by Gasteiger charge is -2.20. The molecule has 0 bridgehead atoms. The molecule has 68 valence electrons. The molecule has 2 unspecified atom stereocenters. The van der Waals surface area contributed by atoms with Gasteiger partial charge in [0, 0.05) is 6.04 Å². The molecule has 0 aliphatic carbocycles. The third kappa shape index (κ3) is 5.25. The van der Waals surface area contributed by atoms with E-state index in [2.05, 4.69) is 39.9 Å². The van der Waals surface area contributed by atoms with Gasteiger partial charge in [0.1, 0.15) is 0 Å². The molecule has 0 saturated heterocycles. The summed E-state index contributed by atoms with van der Waals surface area (Å²) < 4.78 is 0. The van der Waals surface area contributed by atoms with E-state index in [4.69, 9.17) is 0 Å². The Morgan fingerprint density at radius 2 is 1.64 bits per heavy atom. The molecule has 0 aliphatic rings. The average molecular weight is 157 g/mol. The van der Waals surface area contributed by atoms with E-state index < -0.39 is 0 Å². The second-order valence-corrected chi connectivity index (χ2v) is 3.98. The molecule has 1 N–H and O–H groups in total. The summed E-state index contributed by atoms with van der Waals surface area (Å²) in [5.74, 6) is 1.57. The Balaban J connectivity index is 3.43. The summed E-state index contributed by atoms with van der Waals surface area (Å²) in [7, 11) is 0. The maximum atomic E-state index is 3.53. The normalized spacial score (nSPS) is 16.9. The molecule has 1 heteroatoms. The van der Waals surface area contributed by atoms with Gasteiger partial charge in [-0.25, -0.2) is 0 Å². The fraction of sp³-hybridized carbons (Fsp3) is 1.00. The standard InChI is InChI=1S/C10H23N/c1-6-9(4)10(5)11-7-8(2)3/h8-11H,6-7H2,1-5H3. The number of rotatable bonds is 5. The van der Waals surface area contributed by atoms with Crippen LogP contribution in [-0.4, -0.2) is 12.6 Å². The van der Waals surface area contributed by atoms with E-state index >= 15 is 0 Å². The van der Waals surface area contributed by atoms with Crippen molar-refractivity contribution in [3.05, 3.63) is 0 Å². The highest BCUT2D eigenvalue weighted by Crippen LogP contribution is 2.06. The Morgan fingerprint density at radius 3 is 2.00 bits per heavy atom. The van der Waals surface area contributed by atoms with Crippen LogP contribution in [0.3, 0.4) is 0 Å². The molecule has 0 aromatic rings. The highest BCUT2D eigenvalue weighted by atomic mass is 14.9. The third-order valence-electron chi connectivity index (χ3n) is 2.35. The third-order valence-corrected chi connectivity index (χ3v) is 2.35. The first kappa shape index (κ1) is 11.0. The summed E-state index contributed by atoms with van der Waals surface area (Å²) in [5, 5.41) is 3.53. The highest BCUT2D eigenvalue weighted by molar-refractivity contribution is 4.67. The molecule has 1 nitrogen and oxygen atoms in total. The molecule has 0 rings (SSSR count). The minimum atomic E-state index is 0.669. The van der Waals surface area contributed by atoms with Crippen molar-refractivity contribution in [1.29, 1.82) is 0 Å². The van der Waals surface area contributed by atoms with Gasteiger partial charge in [-0.2, -0.15) is 0 Å². The predicted molar refractivity (Wildman–Crippen MR) is 51.8 cm³/mol. The number of hydrogen-bond donors (Lipinski definition) is 1. The van der Waals surface area contributed by atoms with Crippen LogP contribution in [0.25, 0.3) is 0 Å². The molecular formula is C10H23N. The van der Waals surface area contributed by atoms with Crippen LogP contribution in [0.2, 0.25) is 0 Å². The molecule has 0 aromatic carbocycles. The largest absolute Gasteiger partial charge is 0.314 e. The Labute approximate surface area is 71.6 Å². The lowest BCUT2D eigenvalue weighted by atomic mass is 10.0. The van der Waals surface area contributed by atoms with Crippen molar-refractivity contribution in [3.63, 3.8) is 0 Å². The summed E-state index contributed by atoms with van der Waals surface area (Å²) in [6.07, 6.45) is 1.27. The summed E-state index contributed by atoms with van der Waals surface area (Å²) in [4.78, 5) is 0. The van der Waals surface area contributed by atoms with Gasteiger partial charge in [-0.1, -0.05) is 34.1 Å². The molecule has 0 radical (unpaired) electrons. The first-order chi connectivity index (χ1) is 5.07. The molecular weight excluding hydrogens is 134 g/mol. The van der Waals surface area contributed by atoms with Crippen LogP contribution in [0.15, 0.2) is 0 Å². The van der Waals surface area contributed by atoms with Crippen molar-refractivity contribution in [2.45, 2.75) is 47.1 Å². The van der Waals surface area contributed by atoms with E-state index in [1.807, 2.05) is 0 Å². The smallest absolute Gasteiger partial charge is 0.00643 e. The van der Waals surface area contributed by atoms with Gasteiger partial charge in [0.25, 0.3) is 0 Å². The first-order valence-electron chi connectivity index (χ1n) is 4.81. The topological polar surface area (TPSA) is 12.0 Å². The van der Waals surface area contributed by atoms with E-state index in [1.165, 1.54) is 6.42 Å². The van der Waals surface area contributed by atoms with E-state index in [0.29, 0.717) is 6.04 Å². The summed E-state index contributed by atoms with van der Waals surface area (Å²) in [6, 6.07) is 0.669. The lowest BCUT2D eigenvalue weighted by Crippen LogP contribution is -2.34. The second kappa shape index (κ2) is 5.59. The van der Waals surface area contributed by atoms with Crippen LogP contribution >= 0.6 is 0 Å². The fourth-order valence-corrected chi connectivity index (χ4v) is 0.976. The summed E-state index contributed by atoms with van der Waals surface area (Å²) in [5.41, 5.74) is 0. The van der Waals surface area contributed by atoms with Crippen LogP contribution in [0.5, 0.6) is 0 Å².